The average molecular weight is 438 g/mol. The first-order valence-electron chi connectivity index (χ1n) is 10.2. The minimum atomic E-state index is -0.133. The van der Waals surface area contributed by atoms with Crippen LogP contribution in [0.1, 0.15) is 43.0 Å². The third kappa shape index (κ3) is 6.15. The number of hydrogen-bond acceptors (Lipinski definition) is 5. The van der Waals surface area contributed by atoms with Crippen LogP contribution in [0.3, 0.4) is 0 Å². The number of para-hydroxylation sites is 1. The molecular weight excluding hydrogens is 410 g/mol. The van der Waals surface area contributed by atoms with Gasteiger partial charge in [-0.05, 0) is 37.5 Å². The normalized spacial score (nSPS) is 11.6. The molecule has 0 spiro atoms. The highest BCUT2D eigenvalue weighted by Gasteiger charge is 2.11. The van der Waals surface area contributed by atoms with E-state index in [1.807, 2.05) is 68.6 Å². The van der Waals surface area contributed by atoms with Crippen LogP contribution in [0.4, 0.5) is 5.13 Å². The number of carbonyl (C=O) groups is 2. The van der Waals surface area contributed by atoms with E-state index in [2.05, 4.69) is 15.6 Å². The molecule has 0 aliphatic rings. The molecule has 2 N–H and O–H groups in total. The first-order chi connectivity index (χ1) is 14.8. The summed E-state index contributed by atoms with van der Waals surface area (Å²) in [5.74, 6) is 0.644. The van der Waals surface area contributed by atoms with E-state index in [-0.39, 0.29) is 24.3 Å². The summed E-state index contributed by atoms with van der Waals surface area (Å²) in [5, 5.41) is 8.18. The van der Waals surface area contributed by atoms with Gasteiger partial charge in [0.15, 0.2) is 5.13 Å². The van der Waals surface area contributed by atoms with E-state index in [0.717, 1.165) is 33.7 Å². The number of aryl methyl sites for hydroxylation is 2. The quantitative estimate of drug-likeness (QED) is 0.518. The summed E-state index contributed by atoms with van der Waals surface area (Å²) in [7, 11) is 0. The van der Waals surface area contributed by atoms with Crippen LogP contribution in [0, 0.1) is 13.8 Å². The highest BCUT2D eigenvalue weighted by atomic mass is 32.1. The van der Waals surface area contributed by atoms with E-state index >= 15 is 0 Å². The van der Waals surface area contributed by atoms with Gasteiger partial charge in [0.2, 0.25) is 11.8 Å². The first-order valence-corrected chi connectivity index (χ1v) is 11.0. The molecule has 162 valence electrons. The zero-order chi connectivity index (χ0) is 22.4. The van der Waals surface area contributed by atoms with Gasteiger partial charge < -0.3 is 15.4 Å². The van der Waals surface area contributed by atoms with E-state index in [4.69, 9.17) is 4.74 Å². The van der Waals surface area contributed by atoms with Crippen molar-refractivity contribution in [1.29, 1.82) is 0 Å². The summed E-state index contributed by atoms with van der Waals surface area (Å²) in [6.45, 7) is 7.74. The van der Waals surface area contributed by atoms with Crippen molar-refractivity contribution in [2.75, 3.05) is 11.9 Å². The lowest BCUT2D eigenvalue weighted by Gasteiger charge is -2.13. The Hall–Kier alpha value is -3.19. The molecule has 1 heterocycles. The Bertz CT molecular complexity index is 1040. The molecule has 1 atom stereocenters. The molecule has 3 aromatic rings. The van der Waals surface area contributed by atoms with E-state index in [0.29, 0.717) is 11.7 Å². The van der Waals surface area contributed by atoms with Gasteiger partial charge in [-0.15, -0.1) is 11.3 Å². The first kappa shape index (κ1) is 22.5. The smallest absolute Gasteiger partial charge is 0.229 e. The Morgan fingerprint density at radius 1 is 1.10 bits per heavy atom. The van der Waals surface area contributed by atoms with E-state index in [9.17, 15) is 9.59 Å². The number of benzene rings is 2. The Morgan fingerprint density at radius 3 is 2.42 bits per heavy atom. The van der Waals surface area contributed by atoms with Crippen molar-refractivity contribution in [1.82, 2.24) is 10.3 Å². The average Bonchev–Trinajstić information content (AvgIpc) is 3.18. The van der Waals surface area contributed by atoms with Crippen LogP contribution in [0.5, 0.6) is 5.75 Å². The maximum atomic E-state index is 12.3. The summed E-state index contributed by atoms with van der Waals surface area (Å²) in [6.07, 6.45) is 0.248. The molecule has 6 nitrogen and oxygen atoms in total. The number of rotatable bonds is 8. The van der Waals surface area contributed by atoms with Crippen LogP contribution >= 0.6 is 11.3 Å². The molecule has 0 fully saturated rings. The van der Waals surface area contributed by atoms with Crippen LogP contribution in [-0.2, 0) is 9.59 Å². The van der Waals surface area contributed by atoms with Gasteiger partial charge >= 0.3 is 0 Å². The highest BCUT2D eigenvalue weighted by molar-refractivity contribution is 7.14. The molecule has 2 amide bonds. The fourth-order valence-corrected chi connectivity index (χ4v) is 3.98. The number of nitrogens with one attached hydrogen (secondary N) is 2. The maximum absolute atomic E-state index is 12.3. The lowest BCUT2D eigenvalue weighted by Crippen LogP contribution is -2.23. The molecule has 0 aliphatic carbocycles. The highest BCUT2D eigenvalue weighted by Crippen LogP contribution is 2.26. The Morgan fingerprint density at radius 2 is 1.77 bits per heavy atom. The summed E-state index contributed by atoms with van der Waals surface area (Å²) in [5.41, 5.74) is 4.89. The van der Waals surface area contributed by atoms with Gasteiger partial charge in [0, 0.05) is 17.9 Å². The van der Waals surface area contributed by atoms with Gasteiger partial charge in [0.25, 0.3) is 0 Å². The minimum absolute atomic E-state index is 0.0532. The predicted molar refractivity (Wildman–Crippen MR) is 124 cm³/mol. The molecule has 0 aliphatic heterocycles. The monoisotopic (exact) mass is 437 g/mol. The Balaban J connectivity index is 1.53. The molecule has 0 bridgehead atoms. The Labute approximate surface area is 186 Å². The zero-order valence-corrected chi connectivity index (χ0v) is 19.0. The second-order valence-corrected chi connectivity index (χ2v) is 8.31. The summed E-state index contributed by atoms with van der Waals surface area (Å²) < 4.78 is 5.80. The third-order valence-electron chi connectivity index (χ3n) is 4.86. The van der Waals surface area contributed by atoms with Crippen molar-refractivity contribution in [3.05, 3.63) is 64.5 Å². The lowest BCUT2D eigenvalue weighted by molar-refractivity contribution is -0.119. The lowest BCUT2D eigenvalue weighted by atomic mass is 10.1. The van der Waals surface area contributed by atoms with E-state index in [1.54, 1.807) is 0 Å². The molecule has 7 heteroatoms. The molecule has 0 saturated carbocycles. The van der Waals surface area contributed by atoms with E-state index in [1.165, 1.54) is 18.3 Å². The molecule has 0 saturated heterocycles. The molecule has 2 aromatic carbocycles. The number of ether oxygens (including phenoxy) is 1. The van der Waals surface area contributed by atoms with Crippen molar-refractivity contribution in [3.63, 3.8) is 0 Å². The predicted octanol–water partition coefficient (Wildman–Crippen LogP) is 5.03. The summed E-state index contributed by atoms with van der Waals surface area (Å²) in [6, 6.07) is 13.8. The number of aromatic nitrogens is 1. The fraction of sp³-hybridized carbons (Fsp3) is 0.292. The molecule has 1 aromatic heterocycles. The van der Waals surface area contributed by atoms with Crippen LogP contribution in [0.15, 0.2) is 47.8 Å². The summed E-state index contributed by atoms with van der Waals surface area (Å²) >= 11 is 1.39. The van der Waals surface area contributed by atoms with Crippen molar-refractivity contribution in [2.45, 2.75) is 40.2 Å². The van der Waals surface area contributed by atoms with Crippen LogP contribution in [0.2, 0.25) is 0 Å². The maximum Gasteiger partial charge on any atom is 0.229 e. The zero-order valence-electron chi connectivity index (χ0n) is 18.2. The van der Waals surface area contributed by atoms with Crippen LogP contribution in [0.25, 0.3) is 11.3 Å². The number of thiazole rings is 1. The molecule has 0 radical (unpaired) electrons. The Kier molecular flexibility index (Phi) is 7.41. The van der Waals surface area contributed by atoms with Crippen molar-refractivity contribution >= 4 is 28.3 Å². The largest absolute Gasteiger partial charge is 0.493 e. The number of hydrogen-bond donors (Lipinski definition) is 2. The third-order valence-corrected chi connectivity index (χ3v) is 5.62. The van der Waals surface area contributed by atoms with Crippen molar-refractivity contribution in [2.24, 2.45) is 0 Å². The number of nitrogens with zero attached hydrogens (tertiary/aromatic N) is 1. The minimum Gasteiger partial charge on any atom is -0.493 e. The van der Waals surface area contributed by atoms with Gasteiger partial charge in [-0.2, -0.15) is 0 Å². The molecular formula is C24H27N3O3S. The number of anilines is 1. The van der Waals surface area contributed by atoms with Gasteiger partial charge in [-0.1, -0.05) is 42.5 Å². The van der Waals surface area contributed by atoms with Crippen LogP contribution in [-0.4, -0.2) is 23.4 Å². The van der Waals surface area contributed by atoms with E-state index < -0.39 is 0 Å². The van der Waals surface area contributed by atoms with Crippen molar-refractivity contribution in [3.8, 4) is 17.0 Å². The summed E-state index contributed by atoms with van der Waals surface area (Å²) in [4.78, 5) is 28.0. The second-order valence-electron chi connectivity index (χ2n) is 7.45. The second kappa shape index (κ2) is 10.2. The molecule has 31 heavy (non-hydrogen) atoms. The van der Waals surface area contributed by atoms with Crippen molar-refractivity contribution < 1.29 is 14.3 Å². The van der Waals surface area contributed by atoms with Gasteiger partial charge in [0.1, 0.15) is 5.75 Å². The van der Waals surface area contributed by atoms with Gasteiger partial charge in [0.05, 0.1) is 24.8 Å². The molecule has 3 rings (SSSR count). The number of carbonyl (C=O) groups excluding carboxylic acids is 2. The topological polar surface area (TPSA) is 80.3 Å². The number of amides is 2. The fourth-order valence-electron chi connectivity index (χ4n) is 3.25. The SMILES string of the molecule is CC(=O)NC(C)c1ccc(-c2csc(NC(=O)CCOc3c(C)cccc3C)n2)cc1. The van der Waals surface area contributed by atoms with Gasteiger partial charge in [-0.25, -0.2) is 4.98 Å². The van der Waals surface area contributed by atoms with Gasteiger partial charge in [-0.3, -0.25) is 9.59 Å². The standard InChI is InChI=1S/C24H27N3O3S/c1-15-6-5-7-16(2)23(15)30-13-12-22(29)27-24-26-21(14-31-24)20-10-8-19(9-11-20)17(3)25-18(4)28/h5-11,14,17H,12-13H2,1-4H3,(H,25,28)(H,26,27,29). The molecule has 1 unspecified atom stereocenters. The van der Waals surface area contributed by atoms with Crippen LogP contribution < -0.4 is 15.4 Å².